The van der Waals surface area contributed by atoms with Crippen molar-refractivity contribution in [3.05, 3.63) is 29.8 Å². The smallest absolute Gasteiger partial charge is 0.305 e. The molecule has 0 aliphatic heterocycles. The maximum absolute atomic E-state index is 11.6. The fourth-order valence-corrected chi connectivity index (χ4v) is 1.25. The van der Waals surface area contributed by atoms with E-state index in [1.165, 1.54) is 0 Å². The van der Waals surface area contributed by atoms with Gasteiger partial charge in [0.2, 0.25) is 0 Å². The van der Waals surface area contributed by atoms with Gasteiger partial charge < -0.3 is 16.2 Å². The number of nitrogens with one attached hydrogen (secondary N) is 1. The molecular weight excluding hydrogens is 208 g/mol. The average Bonchev–Trinajstić information content (AvgIpc) is 2.16. The number of anilines is 1. The van der Waals surface area contributed by atoms with E-state index < -0.39 is 12.0 Å². The van der Waals surface area contributed by atoms with E-state index >= 15 is 0 Å². The molecule has 0 bridgehead atoms. The number of carbonyl (C=O) groups excluding carboxylic acids is 1. The van der Waals surface area contributed by atoms with Gasteiger partial charge in [0, 0.05) is 17.3 Å². The van der Waals surface area contributed by atoms with Gasteiger partial charge in [0.25, 0.3) is 5.91 Å². The summed E-state index contributed by atoms with van der Waals surface area (Å²) in [4.78, 5) is 22.0. The molecule has 1 aromatic rings. The van der Waals surface area contributed by atoms with Crippen molar-refractivity contribution in [1.29, 1.82) is 0 Å². The van der Waals surface area contributed by atoms with Gasteiger partial charge in [-0.3, -0.25) is 9.59 Å². The summed E-state index contributed by atoms with van der Waals surface area (Å²) < 4.78 is 0. The van der Waals surface area contributed by atoms with Gasteiger partial charge in [0.15, 0.2) is 0 Å². The molecule has 0 spiro atoms. The fourth-order valence-electron chi connectivity index (χ4n) is 1.25. The summed E-state index contributed by atoms with van der Waals surface area (Å²) in [5.41, 5.74) is 6.53. The summed E-state index contributed by atoms with van der Waals surface area (Å²) in [5, 5.41) is 11.1. The van der Waals surface area contributed by atoms with Gasteiger partial charge >= 0.3 is 5.97 Å². The highest BCUT2D eigenvalue weighted by Gasteiger charge is 2.12. The molecule has 1 atom stereocenters. The van der Waals surface area contributed by atoms with Crippen LogP contribution in [0.2, 0.25) is 0 Å². The molecule has 5 nitrogen and oxygen atoms in total. The SMILES string of the molecule is CC(CC(=O)O)NC(=O)c1ccc(N)cc1. The Morgan fingerprint density at radius 2 is 1.94 bits per heavy atom. The molecule has 1 rings (SSSR count). The zero-order chi connectivity index (χ0) is 12.1. The van der Waals surface area contributed by atoms with Gasteiger partial charge in [-0.15, -0.1) is 0 Å². The first-order valence-electron chi connectivity index (χ1n) is 4.87. The molecule has 0 aromatic heterocycles. The summed E-state index contributed by atoms with van der Waals surface area (Å²) in [7, 11) is 0. The second kappa shape index (κ2) is 5.16. The van der Waals surface area contributed by atoms with Crippen molar-refractivity contribution in [3.63, 3.8) is 0 Å². The van der Waals surface area contributed by atoms with E-state index in [1.54, 1.807) is 31.2 Å². The third-order valence-corrected chi connectivity index (χ3v) is 2.03. The Bertz CT molecular complexity index is 387. The third kappa shape index (κ3) is 3.61. The lowest BCUT2D eigenvalue weighted by Gasteiger charge is -2.11. The second-order valence-electron chi connectivity index (χ2n) is 3.59. The first kappa shape index (κ1) is 12.0. The molecule has 16 heavy (non-hydrogen) atoms. The molecule has 1 unspecified atom stereocenters. The van der Waals surface area contributed by atoms with Gasteiger partial charge in [-0.05, 0) is 31.2 Å². The number of hydrogen-bond donors (Lipinski definition) is 3. The number of rotatable bonds is 4. The van der Waals surface area contributed by atoms with E-state index in [9.17, 15) is 9.59 Å². The summed E-state index contributed by atoms with van der Waals surface area (Å²) in [5.74, 6) is -1.24. The number of nitrogen functional groups attached to an aromatic ring is 1. The molecule has 4 N–H and O–H groups in total. The van der Waals surface area contributed by atoms with Crippen molar-refractivity contribution in [2.75, 3.05) is 5.73 Å². The van der Waals surface area contributed by atoms with Crippen molar-refractivity contribution in [1.82, 2.24) is 5.32 Å². The Hall–Kier alpha value is -2.04. The lowest BCUT2D eigenvalue weighted by molar-refractivity contribution is -0.137. The van der Waals surface area contributed by atoms with Crippen LogP contribution in [0.5, 0.6) is 0 Å². The molecule has 0 fully saturated rings. The molecule has 86 valence electrons. The number of nitrogens with two attached hydrogens (primary N) is 1. The molecule has 1 aromatic carbocycles. The predicted octanol–water partition coefficient (Wildman–Crippen LogP) is 0.862. The topological polar surface area (TPSA) is 92.4 Å². The highest BCUT2D eigenvalue weighted by atomic mass is 16.4. The van der Waals surface area contributed by atoms with Crippen molar-refractivity contribution < 1.29 is 14.7 Å². The van der Waals surface area contributed by atoms with Crippen molar-refractivity contribution >= 4 is 17.6 Å². The summed E-state index contributed by atoms with van der Waals surface area (Å²) in [6.45, 7) is 1.64. The Morgan fingerprint density at radius 3 is 2.44 bits per heavy atom. The van der Waals surface area contributed by atoms with Crippen LogP contribution in [0.4, 0.5) is 5.69 Å². The van der Waals surface area contributed by atoms with E-state index in [-0.39, 0.29) is 12.3 Å². The first-order valence-corrected chi connectivity index (χ1v) is 4.87. The zero-order valence-corrected chi connectivity index (χ0v) is 8.93. The van der Waals surface area contributed by atoms with E-state index in [2.05, 4.69) is 5.32 Å². The van der Waals surface area contributed by atoms with Gasteiger partial charge in [0.1, 0.15) is 0 Å². The average molecular weight is 222 g/mol. The van der Waals surface area contributed by atoms with Gasteiger partial charge in [-0.1, -0.05) is 0 Å². The molecule has 0 aliphatic carbocycles. The van der Waals surface area contributed by atoms with E-state index in [0.717, 1.165) is 0 Å². The van der Waals surface area contributed by atoms with Crippen LogP contribution in [-0.4, -0.2) is 23.0 Å². The van der Waals surface area contributed by atoms with Crippen LogP contribution in [-0.2, 0) is 4.79 Å². The van der Waals surface area contributed by atoms with Gasteiger partial charge in [-0.25, -0.2) is 0 Å². The third-order valence-electron chi connectivity index (χ3n) is 2.03. The molecule has 0 saturated heterocycles. The second-order valence-corrected chi connectivity index (χ2v) is 3.59. The summed E-state index contributed by atoms with van der Waals surface area (Å²) in [6, 6.07) is 6.03. The first-order chi connectivity index (χ1) is 7.49. The number of carbonyl (C=O) groups is 2. The number of aliphatic carboxylic acids is 1. The largest absolute Gasteiger partial charge is 0.481 e. The standard InChI is InChI=1S/C11H14N2O3/c1-7(6-10(14)15)13-11(16)8-2-4-9(12)5-3-8/h2-5,7H,6,12H2,1H3,(H,13,16)(H,14,15). The zero-order valence-electron chi connectivity index (χ0n) is 8.93. The van der Waals surface area contributed by atoms with Crippen molar-refractivity contribution in [2.45, 2.75) is 19.4 Å². The summed E-state index contributed by atoms with van der Waals surface area (Å²) >= 11 is 0. The van der Waals surface area contributed by atoms with E-state index in [0.29, 0.717) is 11.3 Å². The van der Waals surface area contributed by atoms with Crippen LogP contribution in [0.3, 0.4) is 0 Å². The minimum Gasteiger partial charge on any atom is -0.481 e. The van der Waals surface area contributed by atoms with E-state index in [4.69, 9.17) is 10.8 Å². The lowest BCUT2D eigenvalue weighted by atomic mass is 10.1. The van der Waals surface area contributed by atoms with Crippen molar-refractivity contribution in [3.8, 4) is 0 Å². The molecule has 0 saturated carbocycles. The molecule has 0 aliphatic rings. The Balaban J connectivity index is 2.58. The van der Waals surface area contributed by atoms with Crippen LogP contribution in [0.15, 0.2) is 24.3 Å². The van der Waals surface area contributed by atoms with Crippen molar-refractivity contribution in [2.24, 2.45) is 0 Å². The lowest BCUT2D eigenvalue weighted by Crippen LogP contribution is -2.34. The molecule has 0 radical (unpaired) electrons. The van der Waals surface area contributed by atoms with Gasteiger partial charge in [-0.2, -0.15) is 0 Å². The quantitative estimate of drug-likeness (QED) is 0.659. The minimum atomic E-state index is -0.940. The summed E-state index contributed by atoms with van der Waals surface area (Å²) in [6.07, 6.45) is -0.0965. The molecule has 1 amide bonds. The van der Waals surface area contributed by atoms with Crippen LogP contribution in [0.25, 0.3) is 0 Å². The number of hydrogen-bond acceptors (Lipinski definition) is 3. The van der Waals surface area contributed by atoms with Crippen LogP contribution < -0.4 is 11.1 Å². The fraction of sp³-hybridized carbons (Fsp3) is 0.273. The number of amides is 1. The Morgan fingerprint density at radius 1 is 1.38 bits per heavy atom. The predicted molar refractivity (Wildman–Crippen MR) is 60.0 cm³/mol. The van der Waals surface area contributed by atoms with Gasteiger partial charge in [0.05, 0.1) is 6.42 Å². The minimum absolute atomic E-state index is 0.0965. The van der Waals surface area contributed by atoms with Crippen LogP contribution in [0.1, 0.15) is 23.7 Å². The highest BCUT2D eigenvalue weighted by molar-refractivity contribution is 5.94. The Kier molecular flexibility index (Phi) is 3.88. The molecular formula is C11H14N2O3. The number of carboxylic acid groups (broad SMARTS) is 1. The number of benzene rings is 1. The maximum atomic E-state index is 11.6. The molecule has 0 heterocycles. The highest BCUT2D eigenvalue weighted by Crippen LogP contribution is 2.05. The number of carboxylic acids is 1. The van der Waals surface area contributed by atoms with Crippen LogP contribution in [0, 0.1) is 0 Å². The maximum Gasteiger partial charge on any atom is 0.305 e. The Labute approximate surface area is 93.3 Å². The normalized spacial score (nSPS) is 11.8. The van der Waals surface area contributed by atoms with Crippen LogP contribution >= 0.6 is 0 Å². The van der Waals surface area contributed by atoms with E-state index in [1.807, 2.05) is 0 Å². The monoisotopic (exact) mass is 222 g/mol. The molecule has 5 heteroatoms.